The summed E-state index contributed by atoms with van der Waals surface area (Å²) >= 11 is 0. The zero-order valence-corrected chi connectivity index (χ0v) is 16.1. The monoisotopic (exact) mass is 406 g/mol. The lowest BCUT2D eigenvalue weighted by molar-refractivity contribution is 0.559. The van der Waals surface area contributed by atoms with E-state index in [1.165, 1.54) is 15.6 Å². The van der Waals surface area contributed by atoms with Gasteiger partial charge in [0.15, 0.2) is 11.3 Å². The van der Waals surface area contributed by atoms with Gasteiger partial charge in [-0.25, -0.2) is 15.0 Å². The normalized spacial score (nSPS) is 11.9. The van der Waals surface area contributed by atoms with Gasteiger partial charge >= 0.3 is 0 Å². The molecule has 0 saturated heterocycles. The summed E-state index contributed by atoms with van der Waals surface area (Å²) in [4.78, 5) is 27.5. The molecule has 0 spiro atoms. The number of furan rings is 1. The van der Waals surface area contributed by atoms with Gasteiger partial charge in [0, 0.05) is 0 Å². The van der Waals surface area contributed by atoms with E-state index in [-0.39, 0.29) is 5.56 Å². The molecule has 0 aliphatic heterocycles. The van der Waals surface area contributed by atoms with Crippen molar-refractivity contribution in [2.75, 3.05) is 0 Å². The first-order valence-electron chi connectivity index (χ1n) is 9.61. The van der Waals surface area contributed by atoms with Gasteiger partial charge in [-0.1, -0.05) is 30.3 Å². The minimum Gasteiger partial charge on any atom is -0.463 e. The van der Waals surface area contributed by atoms with E-state index in [0.29, 0.717) is 39.0 Å². The third-order valence-corrected chi connectivity index (χ3v) is 5.02. The number of fused-ring (bicyclic) bond motifs is 4. The fourth-order valence-electron chi connectivity index (χ4n) is 3.58. The van der Waals surface area contributed by atoms with Crippen LogP contribution in [0.4, 0.5) is 0 Å². The Morgan fingerprint density at radius 3 is 2.42 bits per heavy atom. The molecule has 0 aliphatic carbocycles. The van der Waals surface area contributed by atoms with Gasteiger partial charge in [-0.05, 0) is 36.4 Å². The summed E-state index contributed by atoms with van der Waals surface area (Å²) in [6, 6.07) is 20.4. The van der Waals surface area contributed by atoms with Gasteiger partial charge in [0.1, 0.15) is 23.0 Å². The van der Waals surface area contributed by atoms with Crippen molar-refractivity contribution in [2.24, 2.45) is 5.10 Å². The summed E-state index contributed by atoms with van der Waals surface area (Å²) in [7, 11) is 0. The van der Waals surface area contributed by atoms with Crippen molar-refractivity contribution in [3.8, 4) is 5.69 Å². The molecule has 4 aromatic heterocycles. The second-order valence-electron chi connectivity index (χ2n) is 6.91. The number of aromatic nitrogens is 5. The highest BCUT2D eigenvalue weighted by Gasteiger charge is 2.20. The molecule has 6 rings (SSSR count). The molecule has 0 radical (unpaired) electrons. The molecule has 4 heterocycles. The second kappa shape index (κ2) is 6.74. The zero-order chi connectivity index (χ0) is 20.8. The fourth-order valence-corrected chi connectivity index (χ4v) is 3.58. The van der Waals surface area contributed by atoms with Crippen molar-refractivity contribution in [1.29, 1.82) is 0 Å². The van der Waals surface area contributed by atoms with E-state index in [1.54, 1.807) is 24.6 Å². The Bertz CT molecular complexity index is 1650. The van der Waals surface area contributed by atoms with Gasteiger partial charge in [-0.3, -0.25) is 9.36 Å². The first-order valence-corrected chi connectivity index (χ1v) is 9.61. The maximum Gasteiger partial charge on any atom is 0.269 e. The predicted molar refractivity (Wildman–Crippen MR) is 118 cm³/mol. The zero-order valence-electron chi connectivity index (χ0n) is 16.1. The molecule has 0 amide bonds. The Morgan fingerprint density at radius 1 is 0.871 bits per heavy atom. The van der Waals surface area contributed by atoms with E-state index in [9.17, 15) is 4.79 Å². The highest BCUT2D eigenvalue weighted by molar-refractivity contribution is 6.04. The van der Waals surface area contributed by atoms with Crippen molar-refractivity contribution < 1.29 is 4.42 Å². The third-order valence-electron chi connectivity index (χ3n) is 5.02. The van der Waals surface area contributed by atoms with Crippen molar-refractivity contribution >= 4 is 39.4 Å². The Labute approximate surface area is 174 Å². The number of hydrogen-bond acceptors (Lipinski definition) is 6. The van der Waals surface area contributed by atoms with Crippen LogP contribution in [0.2, 0.25) is 0 Å². The Hall–Kier alpha value is -4.59. The Morgan fingerprint density at radius 2 is 1.65 bits per heavy atom. The molecule has 0 unspecified atom stereocenters. The molecule has 0 fully saturated rings. The van der Waals surface area contributed by atoms with E-state index >= 15 is 0 Å². The molecule has 0 atom stereocenters. The molecule has 8 nitrogen and oxygen atoms in total. The quantitative estimate of drug-likeness (QED) is 0.417. The van der Waals surface area contributed by atoms with Crippen LogP contribution in [0.1, 0.15) is 5.76 Å². The standard InChI is InChI=1S/C23H14N6O2/c30-23-19-20-22(27-18-11-5-4-10-17(18)26-20)29(25-13-16-9-6-12-31-16)21(19)24-14-28(23)15-7-2-1-3-8-15/h1-14H/b25-13-. The largest absolute Gasteiger partial charge is 0.463 e. The molecular formula is C23H14N6O2. The van der Waals surface area contributed by atoms with Crippen LogP contribution in [0.3, 0.4) is 0 Å². The highest BCUT2D eigenvalue weighted by Crippen LogP contribution is 2.25. The third kappa shape index (κ3) is 2.73. The minimum atomic E-state index is -0.238. The predicted octanol–water partition coefficient (Wildman–Crippen LogP) is 3.76. The first-order chi connectivity index (χ1) is 15.3. The van der Waals surface area contributed by atoms with Gasteiger partial charge in [-0.15, -0.1) is 0 Å². The smallest absolute Gasteiger partial charge is 0.269 e. The van der Waals surface area contributed by atoms with Crippen LogP contribution in [0.5, 0.6) is 0 Å². The van der Waals surface area contributed by atoms with Crippen LogP contribution in [-0.2, 0) is 0 Å². The maximum atomic E-state index is 13.5. The first kappa shape index (κ1) is 17.3. The van der Waals surface area contributed by atoms with Crippen molar-refractivity contribution in [3.63, 3.8) is 0 Å². The molecule has 2 aromatic carbocycles. The van der Waals surface area contributed by atoms with E-state index in [2.05, 4.69) is 10.1 Å². The van der Waals surface area contributed by atoms with Gasteiger partial charge in [0.25, 0.3) is 5.56 Å². The molecule has 0 aliphatic rings. The Kier molecular flexibility index (Phi) is 3.76. The summed E-state index contributed by atoms with van der Waals surface area (Å²) < 4.78 is 8.37. The minimum absolute atomic E-state index is 0.238. The lowest BCUT2D eigenvalue weighted by atomic mass is 10.3. The number of hydrogen-bond donors (Lipinski definition) is 0. The number of nitrogens with zero attached hydrogens (tertiary/aromatic N) is 6. The Balaban J connectivity index is 1.72. The topological polar surface area (TPSA) is 91.1 Å². The fraction of sp³-hybridized carbons (Fsp3) is 0. The lowest BCUT2D eigenvalue weighted by Crippen LogP contribution is -2.18. The van der Waals surface area contributed by atoms with Crippen LogP contribution >= 0.6 is 0 Å². The van der Waals surface area contributed by atoms with E-state index in [4.69, 9.17) is 14.4 Å². The van der Waals surface area contributed by atoms with Gasteiger partial charge < -0.3 is 4.42 Å². The SMILES string of the molecule is O=c1c2c3nc4ccccc4nc3n(/N=C\c3ccco3)c2ncn1-c1ccccc1. The molecule has 6 aromatic rings. The maximum absolute atomic E-state index is 13.5. The van der Waals surface area contributed by atoms with Crippen LogP contribution in [-0.4, -0.2) is 30.4 Å². The van der Waals surface area contributed by atoms with Crippen LogP contribution < -0.4 is 5.56 Å². The van der Waals surface area contributed by atoms with Gasteiger partial charge in [0.2, 0.25) is 0 Å². The molecule has 8 heteroatoms. The summed E-state index contributed by atoms with van der Waals surface area (Å²) in [5.74, 6) is 0.571. The van der Waals surface area contributed by atoms with Gasteiger partial charge in [-0.2, -0.15) is 9.78 Å². The number of benzene rings is 2. The second-order valence-corrected chi connectivity index (χ2v) is 6.91. The number of para-hydroxylation sites is 3. The average molecular weight is 406 g/mol. The van der Waals surface area contributed by atoms with E-state index < -0.39 is 0 Å². The summed E-state index contributed by atoms with van der Waals surface area (Å²) in [5, 5.41) is 4.86. The molecule has 0 N–H and O–H groups in total. The van der Waals surface area contributed by atoms with Crippen molar-refractivity contribution in [2.45, 2.75) is 0 Å². The summed E-state index contributed by atoms with van der Waals surface area (Å²) in [5.41, 5.74) is 3.16. The molecule has 0 saturated carbocycles. The summed E-state index contributed by atoms with van der Waals surface area (Å²) in [6.45, 7) is 0. The molecule has 148 valence electrons. The van der Waals surface area contributed by atoms with E-state index in [1.807, 2.05) is 54.6 Å². The summed E-state index contributed by atoms with van der Waals surface area (Å²) in [6.07, 6.45) is 4.62. The van der Waals surface area contributed by atoms with Gasteiger partial charge in [0.05, 0.1) is 29.2 Å². The van der Waals surface area contributed by atoms with Crippen LogP contribution in [0.15, 0.2) is 93.6 Å². The van der Waals surface area contributed by atoms with E-state index in [0.717, 1.165) is 5.69 Å². The molecule has 31 heavy (non-hydrogen) atoms. The highest BCUT2D eigenvalue weighted by atomic mass is 16.3. The van der Waals surface area contributed by atoms with Crippen LogP contribution in [0, 0.1) is 0 Å². The van der Waals surface area contributed by atoms with Crippen molar-refractivity contribution in [1.82, 2.24) is 24.2 Å². The van der Waals surface area contributed by atoms with Crippen LogP contribution in [0.25, 0.3) is 38.9 Å². The molecule has 0 bridgehead atoms. The lowest BCUT2D eigenvalue weighted by Gasteiger charge is -2.04. The average Bonchev–Trinajstić information content (AvgIpc) is 3.43. The number of rotatable bonds is 3. The molecular weight excluding hydrogens is 392 g/mol. The van der Waals surface area contributed by atoms with Crippen molar-refractivity contribution in [3.05, 3.63) is 95.4 Å².